The van der Waals surface area contributed by atoms with Gasteiger partial charge in [-0.25, -0.2) is 4.98 Å². The summed E-state index contributed by atoms with van der Waals surface area (Å²) in [5.74, 6) is 3.55. The first kappa shape index (κ1) is 13.6. The monoisotopic (exact) mass is 302 g/mol. The van der Waals surface area contributed by atoms with Crippen LogP contribution in [0.1, 0.15) is 42.5 Å². The van der Waals surface area contributed by atoms with Crippen LogP contribution in [-0.4, -0.2) is 23.2 Å². The molecular formula is C17H22N2OS. The summed E-state index contributed by atoms with van der Waals surface area (Å²) >= 11 is 1.54. The van der Waals surface area contributed by atoms with Crippen LogP contribution in [0.3, 0.4) is 0 Å². The van der Waals surface area contributed by atoms with Crippen molar-refractivity contribution in [3.63, 3.8) is 0 Å². The molecule has 21 heavy (non-hydrogen) atoms. The lowest BCUT2D eigenvalue weighted by Crippen LogP contribution is -2.42. The van der Waals surface area contributed by atoms with Crippen LogP contribution in [0.4, 0.5) is 0 Å². The number of amides is 1. The van der Waals surface area contributed by atoms with Gasteiger partial charge in [-0.1, -0.05) is 6.42 Å². The van der Waals surface area contributed by atoms with Gasteiger partial charge in [-0.3, -0.25) is 4.79 Å². The van der Waals surface area contributed by atoms with Crippen molar-refractivity contribution in [1.29, 1.82) is 0 Å². The number of aromatic nitrogens is 1. The van der Waals surface area contributed by atoms with E-state index >= 15 is 0 Å². The summed E-state index contributed by atoms with van der Waals surface area (Å²) in [6.07, 6.45) is 10.5. The van der Waals surface area contributed by atoms with Gasteiger partial charge in [0.2, 0.25) is 0 Å². The van der Waals surface area contributed by atoms with Gasteiger partial charge in [0.15, 0.2) is 0 Å². The Morgan fingerprint density at radius 2 is 2.14 bits per heavy atom. The number of rotatable bonds is 3. The smallest absolute Gasteiger partial charge is 0.254 e. The fourth-order valence-corrected chi connectivity index (χ4v) is 5.75. The molecule has 1 N–H and O–H groups in total. The van der Waals surface area contributed by atoms with Crippen LogP contribution in [0.5, 0.6) is 0 Å². The molecule has 0 radical (unpaired) electrons. The predicted octanol–water partition coefficient (Wildman–Crippen LogP) is 3.36. The normalized spacial score (nSPS) is 36.7. The first-order chi connectivity index (χ1) is 10.3. The first-order valence-electron chi connectivity index (χ1n) is 8.08. The van der Waals surface area contributed by atoms with E-state index in [2.05, 4.69) is 10.3 Å². The molecule has 1 amide bonds. The molecule has 112 valence electrons. The van der Waals surface area contributed by atoms with Crippen molar-refractivity contribution in [2.45, 2.75) is 43.2 Å². The number of thioether (sulfide) groups is 1. The molecule has 5 atom stereocenters. The number of hydrogen-bond acceptors (Lipinski definition) is 3. The summed E-state index contributed by atoms with van der Waals surface area (Å²) in [5.41, 5.74) is 0.732. The molecule has 3 aliphatic carbocycles. The van der Waals surface area contributed by atoms with Gasteiger partial charge in [-0.05, 0) is 67.7 Å². The minimum atomic E-state index is 0.0690. The van der Waals surface area contributed by atoms with Crippen LogP contribution in [-0.2, 0) is 0 Å². The zero-order chi connectivity index (χ0) is 14.4. The highest BCUT2D eigenvalue weighted by Gasteiger charge is 2.54. The van der Waals surface area contributed by atoms with Crippen molar-refractivity contribution in [2.24, 2.45) is 23.7 Å². The van der Waals surface area contributed by atoms with Crippen molar-refractivity contribution >= 4 is 17.7 Å². The van der Waals surface area contributed by atoms with Crippen LogP contribution < -0.4 is 5.32 Å². The highest BCUT2D eigenvalue weighted by atomic mass is 32.2. The molecule has 3 nitrogen and oxygen atoms in total. The van der Waals surface area contributed by atoms with Gasteiger partial charge >= 0.3 is 0 Å². The lowest BCUT2D eigenvalue weighted by Gasteiger charge is -2.32. The third-order valence-corrected chi connectivity index (χ3v) is 6.67. The second-order valence-electron chi connectivity index (χ2n) is 6.79. The van der Waals surface area contributed by atoms with Crippen LogP contribution in [0.2, 0.25) is 0 Å². The molecule has 4 heteroatoms. The number of nitrogens with zero attached hydrogens (tertiary/aromatic N) is 1. The first-order valence-corrected chi connectivity index (χ1v) is 9.30. The molecule has 3 fully saturated rings. The Hall–Kier alpha value is -1.03. The van der Waals surface area contributed by atoms with Crippen molar-refractivity contribution in [1.82, 2.24) is 10.3 Å². The van der Waals surface area contributed by atoms with Gasteiger partial charge in [0, 0.05) is 12.2 Å². The largest absolute Gasteiger partial charge is 0.349 e. The molecule has 0 spiro atoms. The van der Waals surface area contributed by atoms with E-state index in [0.717, 1.165) is 34.3 Å². The number of nitrogens with one attached hydrogen (secondary N) is 1. The summed E-state index contributed by atoms with van der Waals surface area (Å²) in [6, 6.07) is 4.14. The average molecular weight is 302 g/mol. The summed E-state index contributed by atoms with van der Waals surface area (Å²) in [5, 5.41) is 4.15. The topological polar surface area (TPSA) is 42.0 Å². The van der Waals surface area contributed by atoms with Gasteiger partial charge in [-0.15, -0.1) is 11.8 Å². The third-order valence-electron chi connectivity index (χ3n) is 5.95. The van der Waals surface area contributed by atoms with Crippen molar-refractivity contribution in [3.8, 4) is 0 Å². The molecular weight excluding hydrogens is 280 g/mol. The van der Waals surface area contributed by atoms with E-state index in [4.69, 9.17) is 0 Å². The minimum absolute atomic E-state index is 0.0690. The lowest BCUT2D eigenvalue weighted by atomic mass is 9.79. The van der Waals surface area contributed by atoms with Gasteiger partial charge in [-0.2, -0.15) is 0 Å². The highest BCUT2D eigenvalue weighted by Crippen LogP contribution is 2.58. The Labute approximate surface area is 130 Å². The van der Waals surface area contributed by atoms with E-state index < -0.39 is 0 Å². The van der Waals surface area contributed by atoms with Crippen molar-refractivity contribution < 1.29 is 4.79 Å². The van der Waals surface area contributed by atoms with Crippen molar-refractivity contribution in [3.05, 3.63) is 23.9 Å². The summed E-state index contributed by atoms with van der Waals surface area (Å²) in [7, 11) is 0. The van der Waals surface area contributed by atoms with Crippen LogP contribution in [0.15, 0.2) is 23.4 Å². The Balaban J connectivity index is 1.48. The molecule has 4 rings (SSSR count). The zero-order valence-electron chi connectivity index (χ0n) is 12.4. The number of fused-ring (bicyclic) bond motifs is 5. The van der Waals surface area contributed by atoms with E-state index in [1.54, 1.807) is 18.0 Å². The standard InChI is InChI=1S/C17H22N2OS/c1-21-17-13(6-3-7-18-17)16(20)19-15-9-10-8-14(15)12-5-2-4-11(10)12/h3,6-7,10-12,14-15H,2,4-5,8-9H2,1H3,(H,19,20)/t10-,11-,12+,14+,15-/m1/s1. The predicted molar refractivity (Wildman–Crippen MR) is 84.3 cm³/mol. The van der Waals surface area contributed by atoms with Gasteiger partial charge < -0.3 is 5.32 Å². The van der Waals surface area contributed by atoms with Gasteiger partial charge in [0.1, 0.15) is 5.03 Å². The van der Waals surface area contributed by atoms with Crippen molar-refractivity contribution in [2.75, 3.05) is 6.26 Å². The summed E-state index contributed by atoms with van der Waals surface area (Å²) < 4.78 is 0. The summed E-state index contributed by atoms with van der Waals surface area (Å²) in [4.78, 5) is 16.9. The van der Waals surface area contributed by atoms with E-state index in [0.29, 0.717) is 6.04 Å². The maximum atomic E-state index is 12.6. The van der Waals surface area contributed by atoms with Gasteiger partial charge in [0.25, 0.3) is 5.91 Å². The second kappa shape index (κ2) is 5.31. The Bertz CT molecular complexity index is 561. The molecule has 0 aromatic carbocycles. The molecule has 2 bridgehead atoms. The number of carbonyl (C=O) groups excluding carboxylic acids is 1. The molecule has 1 heterocycles. The molecule has 0 unspecified atom stereocenters. The fourth-order valence-electron chi connectivity index (χ4n) is 5.21. The minimum Gasteiger partial charge on any atom is -0.349 e. The maximum absolute atomic E-state index is 12.6. The number of hydrogen-bond donors (Lipinski definition) is 1. The van der Waals surface area contributed by atoms with E-state index in [1.165, 1.54) is 32.1 Å². The Morgan fingerprint density at radius 3 is 3.00 bits per heavy atom. The van der Waals surface area contributed by atoms with E-state index in [1.807, 2.05) is 18.4 Å². The Kier molecular flexibility index (Phi) is 3.44. The van der Waals surface area contributed by atoms with Crippen LogP contribution in [0.25, 0.3) is 0 Å². The van der Waals surface area contributed by atoms with Gasteiger partial charge in [0.05, 0.1) is 5.56 Å². The van der Waals surface area contributed by atoms with E-state index in [9.17, 15) is 4.79 Å². The van der Waals surface area contributed by atoms with E-state index in [-0.39, 0.29) is 5.91 Å². The number of carbonyl (C=O) groups is 1. The molecule has 1 aromatic rings. The fraction of sp³-hybridized carbons (Fsp3) is 0.647. The lowest BCUT2D eigenvalue weighted by molar-refractivity contribution is 0.0897. The molecule has 3 saturated carbocycles. The third kappa shape index (κ3) is 2.19. The van der Waals surface area contributed by atoms with Crippen LogP contribution in [0, 0.1) is 23.7 Å². The molecule has 1 aromatic heterocycles. The quantitative estimate of drug-likeness (QED) is 0.871. The molecule has 3 aliphatic rings. The SMILES string of the molecule is CSc1ncccc1C(=O)N[C@@H]1C[C@H]2C[C@H]1[C@H]1CCC[C@H]21. The zero-order valence-corrected chi connectivity index (χ0v) is 13.2. The highest BCUT2D eigenvalue weighted by molar-refractivity contribution is 7.98. The number of pyridine rings is 1. The average Bonchev–Trinajstić information content (AvgIpc) is 3.19. The Morgan fingerprint density at radius 1 is 1.29 bits per heavy atom. The summed E-state index contributed by atoms with van der Waals surface area (Å²) in [6.45, 7) is 0. The molecule has 0 saturated heterocycles. The second-order valence-corrected chi connectivity index (χ2v) is 7.59. The van der Waals surface area contributed by atoms with Crippen LogP contribution >= 0.6 is 11.8 Å². The molecule has 0 aliphatic heterocycles. The maximum Gasteiger partial charge on any atom is 0.254 e.